The monoisotopic (exact) mass is 427 g/mol. The molecule has 1 spiro atoms. The van der Waals surface area contributed by atoms with Crippen LogP contribution in [0.1, 0.15) is 29.5 Å². The number of amides is 1. The molecule has 0 atom stereocenters. The lowest BCUT2D eigenvalue weighted by atomic mass is 10.00. The third kappa shape index (κ3) is 3.61. The van der Waals surface area contributed by atoms with Crippen LogP contribution in [0.3, 0.4) is 0 Å². The first-order chi connectivity index (χ1) is 14.2. The van der Waals surface area contributed by atoms with Gasteiger partial charge in [-0.15, -0.1) is 0 Å². The Morgan fingerprint density at radius 1 is 1.03 bits per heavy atom. The van der Waals surface area contributed by atoms with E-state index in [9.17, 15) is 13.2 Å². The molecule has 0 saturated carbocycles. The minimum Gasteiger partial charge on any atom is -0.497 e. The largest absolute Gasteiger partial charge is 0.497 e. The Morgan fingerprint density at radius 3 is 2.30 bits per heavy atom. The number of hydrogen-bond acceptors (Lipinski definition) is 5. The van der Waals surface area contributed by atoms with Crippen molar-refractivity contribution in [1.82, 2.24) is 9.62 Å². The van der Waals surface area contributed by atoms with E-state index in [4.69, 9.17) is 9.73 Å². The van der Waals surface area contributed by atoms with E-state index >= 15 is 0 Å². The van der Waals surface area contributed by atoms with E-state index in [0.717, 1.165) is 16.7 Å². The quantitative estimate of drug-likeness (QED) is 0.812. The summed E-state index contributed by atoms with van der Waals surface area (Å²) in [5.74, 6) is 0.401. The highest BCUT2D eigenvalue weighted by atomic mass is 32.2. The fourth-order valence-corrected chi connectivity index (χ4v) is 5.32. The van der Waals surface area contributed by atoms with Crippen molar-refractivity contribution in [2.45, 2.75) is 37.2 Å². The number of nitrogens with zero attached hydrogens (tertiary/aromatic N) is 2. The third-order valence-corrected chi connectivity index (χ3v) is 7.83. The van der Waals surface area contributed by atoms with Gasteiger partial charge in [-0.25, -0.2) is 8.42 Å². The summed E-state index contributed by atoms with van der Waals surface area (Å²) in [6.07, 6.45) is 0.866. The molecule has 2 heterocycles. The van der Waals surface area contributed by atoms with E-state index in [1.807, 2.05) is 32.0 Å². The molecule has 30 heavy (non-hydrogen) atoms. The number of carbonyl (C=O) groups is 1. The SMILES string of the molecule is COc1ccc(S(=O)(=O)N2CCC3(CC2)N=C(c2ccc(C)c(C)c2)C(=O)N3)cc1. The van der Waals surface area contributed by atoms with E-state index in [-0.39, 0.29) is 10.8 Å². The number of rotatable bonds is 4. The Bertz CT molecular complexity index is 1120. The molecule has 2 aliphatic rings. The Kier molecular flexibility index (Phi) is 5.15. The van der Waals surface area contributed by atoms with Crippen molar-refractivity contribution >= 4 is 21.6 Å². The lowest BCUT2D eigenvalue weighted by molar-refractivity contribution is -0.115. The molecule has 1 amide bonds. The van der Waals surface area contributed by atoms with Gasteiger partial charge in [-0.1, -0.05) is 12.1 Å². The molecule has 2 aromatic rings. The highest BCUT2D eigenvalue weighted by Gasteiger charge is 2.44. The number of sulfonamides is 1. The van der Waals surface area contributed by atoms with Crippen LogP contribution in [-0.2, 0) is 14.8 Å². The zero-order chi connectivity index (χ0) is 21.5. The fourth-order valence-electron chi connectivity index (χ4n) is 3.88. The number of methoxy groups -OCH3 is 1. The smallest absolute Gasteiger partial charge is 0.272 e. The number of aliphatic imine (C=N–C) groups is 1. The molecule has 0 radical (unpaired) electrons. The van der Waals surface area contributed by atoms with Crippen molar-refractivity contribution in [2.24, 2.45) is 4.99 Å². The van der Waals surface area contributed by atoms with Gasteiger partial charge in [0.15, 0.2) is 0 Å². The van der Waals surface area contributed by atoms with E-state index in [1.54, 1.807) is 24.3 Å². The average Bonchev–Trinajstić information content (AvgIpc) is 3.06. The standard InChI is InChI=1S/C22H25N3O4S/c1-15-4-5-17(14-16(15)2)20-21(26)24-22(23-20)10-12-25(13-11-22)30(27,28)19-8-6-18(29-3)7-9-19/h4-9,14H,10-13H2,1-3H3,(H,24,26). The van der Waals surface area contributed by atoms with E-state index < -0.39 is 15.7 Å². The van der Waals surface area contributed by atoms with Crippen molar-refractivity contribution in [3.8, 4) is 5.75 Å². The first kappa shape index (κ1) is 20.6. The van der Waals surface area contributed by atoms with Gasteiger partial charge in [0.1, 0.15) is 17.1 Å². The van der Waals surface area contributed by atoms with Crippen molar-refractivity contribution in [1.29, 1.82) is 0 Å². The lowest BCUT2D eigenvalue weighted by Crippen LogP contribution is -2.52. The molecule has 7 nitrogen and oxygen atoms in total. The predicted molar refractivity (Wildman–Crippen MR) is 114 cm³/mol. The molecular weight excluding hydrogens is 402 g/mol. The number of hydrogen-bond donors (Lipinski definition) is 1. The average molecular weight is 428 g/mol. The molecule has 1 N–H and O–H groups in total. The Hall–Kier alpha value is -2.71. The summed E-state index contributed by atoms with van der Waals surface area (Å²) in [6, 6.07) is 12.2. The third-order valence-electron chi connectivity index (χ3n) is 5.91. The van der Waals surface area contributed by atoms with Crippen LogP contribution in [0.4, 0.5) is 0 Å². The van der Waals surface area contributed by atoms with E-state index in [1.165, 1.54) is 11.4 Å². The van der Waals surface area contributed by atoms with Crippen LogP contribution >= 0.6 is 0 Å². The zero-order valence-electron chi connectivity index (χ0n) is 17.3. The predicted octanol–water partition coefficient (Wildman–Crippen LogP) is 2.41. The fraction of sp³-hybridized carbons (Fsp3) is 0.364. The van der Waals surface area contributed by atoms with Crippen LogP contribution in [0, 0.1) is 13.8 Å². The van der Waals surface area contributed by atoms with Crippen LogP contribution in [0.15, 0.2) is 52.4 Å². The van der Waals surface area contributed by atoms with Gasteiger partial charge in [0.25, 0.3) is 5.91 Å². The minimum absolute atomic E-state index is 0.204. The maximum absolute atomic E-state index is 13.0. The highest BCUT2D eigenvalue weighted by molar-refractivity contribution is 7.89. The van der Waals surface area contributed by atoms with Crippen LogP contribution in [0.5, 0.6) is 5.75 Å². The van der Waals surface area contributed by atoms with Gasteiger partial charge in [-0.2, -0.15) is 4.31 Å². The van der Waals surface area contributed by atoms with Crippen molar-refractivity contribution < 1.29 is 17.9 Å². The molecule has 1 fully saturated rings. The molecule has 0 unspecified atom stereocenters. The van der Waals surface area contributed by atoms with Gasteiger partial charge in [-0.3, -0.25) is 9.79 Å². The van der Waals surface area contributed by atoms with Gasteiger partial charge < -0.3 is 10.1 Å². The van der Waals surface area contributed by atoms with Gasteiger partial charge in [0, 0.05) is 31.5 Å². The molecule has 1 saturated heterocycles. The summed E-state index contributed by atoms with van der Waals surface area (Å²) in [5.41, 5.74) is 2.73. The van der Waals surface area contributed by atoms with Crippen LogP contribution in [0.2, 0.25) is 0 Å². The summed E-state index contributed by atoms with van der Waals surface area (Å²) < 4.78 is 32.5. The summed E-state index contributed by atoms with van der Waals surface area (Å²) in [7, 11) is -2.07. The van der Waals surface area contributed by atoms with Gasteiger partial charge in [0.05, 0.1) is 12.0 Å². The second kappa shape index (κ2) is 7.52. The summed E-state index contributed by atoms with van der Waals surface area (Å²) in [6.45, 7) is 4.61. The summed E-state index contributed by atoms with van der Waals surface area (Å²) >= 11 is 0. The number of ether oxygens (including phenoxy) is 1. The van der Waals surface area contributed by atoms with Crippen molar-refractivity contribution in [3.63, 3.8) is 0 Å². The maximum Gasteiger partial charge on any atom is 0.272 e. The maximum atomic E-state index is 13.0. The number of benzene rings is 2. The van der Waals surface area contributed by atoms with Crippen LogP contribution < -0.4 is 10.1 Å². The first-order valence-electron chi connectivity index (χ1n) is 9.88. The minimum atomic E-state index is -3.61. The molecule has 2 aromatic carbocycles. The second-order valence-corrected chi connectivity index (χ2v) is 9.76. The Balaban J connectivity index is 1.52. The number of aryl methyl sites for hydroxylation is 2. The van der Waals surface area contributed by atoms with Gasteiger partial charge >= 0.3 is 0 Å². The van der Waals surface area contributed by atoms with Gasteiger partial charge in [0.2, 0.25) is 10.0 Å². The van der Waals surface area contributed by atoms with Crippen molar-refractivity contribution in [3.05, 3.63) is 59.2 Å². The number of piperidine rings is 1. The van der Waals surface area contributed by atoms with Crippen molar-refractivity contribution in [2.75, 3.05) is 20.2 Å². The highest BCUT2D eigenvalue weighted by Crippen LogP contribution is 2.32. The molecular formula is C22H25N3O4S. The topological polar surface area (TPSA) is 88.1 Å². The lowest BCUT2D eigenvalue weighted by Gasteiger charge is -2.36. The molecule has 0 aromatic heterocycles. The summed E-state index contributed by atoms with van der Waals surface area (Å²) in [5, 5.41) is 3.00. The molecule has 4 rings (SSSR count). The van der Waals surface area contributed by atoms with E-state index in [0.29, 0.717) is 37.4 Å². The van der Waals surface area contributed by atoms with Crippen LogP contribution in [0.25, 0.3) is 0 Å². The molecule has 158 valence electrons. The summed E-state index contributed by atoms with van der Waals surface area (Å²) in [4.78, 5) is 17.6. The van der Waals surface area contributed by atoms with Crippen LogP contribution in [-0.4, -0.2) is 50.2 Å². The zero-order valence-corrected chi connectivity index (χ0v) is 18.1. The molecule has 0 aliphatic carbocycles. The second-order valence-electron chi connectivity index (χ2n) is 7.82. The van der Waals surface area contributed by atoms with Gasteiger partial charge in [-0.05, 0) is 55.3 Å². The number of carbonyl (C=O) groups excluding carboxylic acids is 1. The normalized spacial score (nSPS) is 18.9. The Morgan fingerprint density at radius 2 is 1.70 bits per heavy atom. The first-order valence-corrected chi connectivity index (χ1v) is 11.3. The molecule has 2 aliphatic heterocycles. The van der Waals surface area contributed by atoms with E-state index in [2.05, 4.69) is 5.32 Å². The Labute approximate surface area is 176 Å². The molecule has 8 heteroatoms. The molecule has 0 bridgehead atoms. The number of nitrogens with one attached hydrogen (secondary N) is 1.